The van der Waals surface area contributed by atoms with Gasteiger partial charge in [0, 0.05) is 15.6 Å². The molecule has 0 aliphatic carbocycles. The number of carbonyl (C=O) groups excluding carboxylic acids is 2. The Morgan fingerprint density at radius 1 is 0.852 bits per heavy atom. The molecule has 0 fully saturated rings. The summed E-state index contributed by atoms with van der Waals surface area (Å²) in [6, 6.07) is 22.6. The molecule has 4 nitrogen and oxygen atoms in total. The number of methoxy groups -OCH3 is 1. The number of halogens is 1. The number of ketones is 1. The van der Waals surface area contributed by atoms with Crippen molar-refractivity contribution in [1.29, 1.82) is 0 Å². The Morgan fingerprint density at radius 2 is 1.48 bits per heavy atom. The summed E-state index contributed by atoms with van der Waals surface area (Å²) in [7, 11) is 1.56. The number of Topliss-reactive ketones (excluding diaryl/α,β-unsaturated/α-hetero) is 1. The van der Waals surface area contributed by atoms with E-state index in [9.17, 15) is 9.59 Å². The van der Waals surface area contributed by atoms with E-state index in [1.165, 1.54) is 0 Å². The van der Waals surface area contributed by atoms with Crippen LogP contribution in [-0.2, 0) is 4.74 Å². The first-order valence-electron chi connectivity index (χ1n) is 8.29. The van der Waals surface area contributed by atoms with Crippen molar-refractivity contribution >= 4 is 27.7 Å². The zero-order valence-electron chi connectivity index (χ0n) is 14.6. The van der Waals surface area contributed by atoms with Gasteiger partial charge in [0.25, 0.3) is 0 Å². The summed E-state index contributed by atoms with van der Waals surface area (Å²) < 4.78 is 11.4. The minimum atomic E-state index is -1.04. The number of hydrogen-bond donors (Lipinski definition) is 0. The quantitative estimate of drug-likeness (QED) is 0.401. The lowest BCUT2D eigenvalue weighted by molar-refractivity contribution is 0.0279. The molecule has 0 spiro atoms. The van der Waals surface area contributed by atoms with Crippen LogP contribution in [0.25, 0.3) is 0 Å². The molecular formula is C22H17BrO4. The van der Waals surface area contributed by atoms with Crippen molar-refractivity contribution in [2.45, 2.75) is 6.10 Å². The second-order valence-corrected chi connectivity index (χ2v) is 6.62. The third-order valence-electron chi connectivity index (χ3n) is 4.03. The van der Waals surface area contributed by atoms with Crippen LogP contribution < -0.4 is 4.74 Å². The fourth-order valence-corrected chi connectivity index (χ4v) is 3.05. The SMILES string of the molecule is COc1ccc(C(=O)C(OC(=O)c2ccccc2Br)c2ccccc2)cc1. The van der Waals surface area contributed by atoms with E-state index in [-0.39, 0.29) is 5.78 Å². The van der Waals surface area contributed by atoms with Crippen LogP contribution in [0.4, 0.5) is 0 Å². The van der Waals surface area contributed by atoms with E-state index in [0.717, 1.165) is 0 Å². The van der Waals surface area contributed by atoms with E-state index < -0.39 is 12.1 Å². The van der Waals surface area contributed by atoms with Gasteiger partial charge in [-0.25, -0.2) is 4.79 Å². The van der Waals surface area contributed by atoms with Gasteiger partial charge < -0.3 is 9.47 Å². The van der Waals surface area contributed by atoms with E-state index in [2.05, 4.69) is 15.9 Å². The Bertz CT molecular complexity index is 936. The van der Waals surface area contributed by atoms with Crippen molar-refractivity contribution < 1.29 is 19.1 Å². The smallest absolute Gasteiger partial charge is 0.340 e. The van der Waals surface area contributed by atoms with E-state index in [0.29, 0.717) is 26.9 Å². The standard InChI is InChI=1S/C22H17BrO4/c1-26-17-13-11-15(12-14-17)20(24)21(16-7-3-2-4-8-16)27-22(25)18-9-5-6-10-19(18)23/h2-14,21H,1H3. The normalized spacial score (nSPS) is 11.5. The summed E-state index contributed by atoms with van der Waals surface area (Å²) in [6.45, 7) is 0. The molecular weight excluding hydrogens is 408 g/mol. The lowest BCUT2D eigenvalue weighted by atomic mass is 9.99. The predicted octanol–water partition coefficient (Wildman–Crippen LogP) is 5.24. The molecule has 3 aromatic rings. The van der Waals surface area contributed by atoms with Crippen molar-refractivity contribution in [3.05, 3.63) is 100 Å². The molecule has 27 heavy (non-hydrogen) atoms. The minimum Gasteiger partial charge on any atom is -0.497 e. The minimum absolute atomic E-state index is 0.302. The van der Waals surface area contributed by atoms with Crippen LogP contribution in [0.3, 0.4) is 0 Å². The van der Waals surface area contributed by atoms with E-state index >= 15 is 0 Å². The lowest BCUT2D eigenvalue weighted by Crippen LogP contribution is -2.20. The second kappa shape index (κ2) is 8.64. The van der Waals surface area contributed by atoms with Crippen LogP contribution >= 0.6 is 15.9 Å². The highest BCUT2D eigenvalue weighted by Crippen LogP contribution is 2.26. The van der Waals surface area contributed by atoms with Crippen LogP contribution in [0.15, 0.2) is 83.3 Å². The first kappa shape index (κ1) is 18.9. The summed E-state index contributed by atoms with van der Waals surface area (Å²) in [5.41, 5.74) is 1.41. The zero-order valence-corrected chi connectivity index (χ0v) is 16.2. The van der Waals surface area contributed by atoms with Gasteiger partial charge in [0.1, 0.15) is 5.75 Å². The topological polar surface area (TPSA) is 52.6 Å². The van der Waals surface area contributed by atoms with Gasteiger partial charge in [-0.1, -0.05) is 42.5 Å². The summed E-state index contributed by atoms with van der Waals surface area (Å²) in [6.07, 6.45) is -1.04. The van der Waals surface area contributed by atoms with Crippen LogP contribution in [0.1, 0.15) is 32.4 Å². The average molecular weight is 425 g/mol. The van der Waals surface area contributed by atoms with Crippen molar-refractivity contribution in [3.8, 4) is 5.75 Å². The molecule has 3 rings (SSSR count). The second-order valence-electron chi connectivity index (χ2n) is 5.77. The molecule has 0 N–H and O–H groups in total. The maximum absolute atomic E-state index is 13.1. The lowest BCUT2D eigenvalue weighted by Gasteiger charge is -2.18. The Labute approximate surface area is 165 Å². The van der Waals surface area contributed by atoms with Gasteiger partial charge in [-0.2, -0.15) is 0 Å². The molecule has 1 atom stereocenters. The zero-order chi connectivity index (χ0) is 19.2. The van der Waals surface area contributed by atoms with Crippen LogP contribution in [-0.4, -0.2) is 18.9 Å². The first-order chi connectivity index (χ1) is 13.1. The van der Waals surface area contributed by atoms with Gasteiger partial charge in [0.15, 0.2) is 6.10 Å². The number of carbonyl (C=O) groups is 2. The predicted molar refractivity (Wildman–Crippen MR) is 106 cm³/mol. The highest BCUT2D eigenvalue weighted by molar-refractivity contribution is 9.10. The molecule has 1 unspecified atom stereocenters. The van der Waals surface area contributed by atoms with Gasteiger partial charge in [0.05, 0.1) is 12.7 Å². The van der Waals surface area contributed by atoms with Crippen molar-refractivity contribution in [2.24, 2.45) is 0 Å². The molecule has 0 aliphatic rings. The summed E-state index contributed by atoms with van der Waals surface area (Å²) in [4.78, 5) is 25.7. The van der Waals surface area contributed by atoms with Crippen molar-refractivity contribution in [1.82, 2.24) is 0 Å². The van der Waals surface area contributed by atoms with Gasteiger partial charge in [-0.05, 0) is 52.3 Å². The third-order valence-corrected chi connectivity index (χ3v) is 4.73. The average Bonchev–Trinajstić information content (AvgIpc) is 2.72. The Balaban J connectivity index is 1.92. The molecule has 0 heterocycles. The monoisotopic (exact) mass is 424 g/mol. The van der Waals surface area contributed by atoms with E-state index in [1.54, 1.807) is 79.9 Å². The Hall–Kier alpha value is -2.92. The van der Waals surface area contributed by atoms with E-state index in [4.69, 9.17) is 9.47 Å². The molecule has 0 amide bonds. The molecule has 0 aliphatic heterocycles. The van der Waals surface area contributed by atoms with Gasteiger partial charge in [-0.3, -0.25) is 4.79 Å². The van der Waals surface area contributed by atoms with Crippen LogP contribution in [0.2, 0.25) is 0 Å². The summed E-state index contributed by atoms with van der Waals surface area (Å²) in [5, 5.41) is 0. The van der Waals surface area contributed by atoms with E-state index in [1.807, 2.05) is 6.07 Å². The number of benzene rings is 3. The van der Waals surface area contributed by atoms with Crippen LogP contribution in [0.5, 0.6) is 5.75 Å². The number of ether oxygens (including phenoxy) is 2. The number of esters is 1. The number of hydrogen-bond acceptors (Lipinski definition) is 4. The van der Waals surface area contributed by atoms with Gasteiger partial charge >= 0.3 is 5.97 Å². The Morgan fingerprint density at radius 3 is 2.11 bits per heavy atom. The van der Waals surface area contributed by atoms with Gasteiger partial charge in [-0.15, -0.1) is 0 Å². The first-order valence-corrected chi connectivity index (χ1v) is 9.08. The fourth-order valence-electron chi connectivity index (χ4n) is 2.60. The highest BCUT2D eigenvalue weighted by Gasteiger charge is 2.27. The molecule has 3 aromatic carbocycles. The third kappa shape index (κ3) is 4.44. The molecule has 136 valence electrons. The van der Waals surface area contributed by atoms with Crippen molar-refractivity contribution in [3.63, 3.8) is 0 Å². The molecule has 0 bridgehead atoms. The fraction of sp³-hybridized carbons (Fsp3) is 0.0909. The maximum atomic E-state index is 13.1. The largest absolute Gasteiger partial charge is 0.497 e. The van der Waals surface area contributed by atoms with Gasteiger partial charge in [0.2, 0.25) is 5.78 Å². The molecule has 5 heteroatoms. The molecule has 0 saturated heterocycles. The van der Waals surface area contributed by atoms with Crippen LogP contribution in [0, 0.1) is 0 Å². The molecule has 0 aromatic heterocycles. The molecule has 0 saturated carbocycles. The number of rotatable bonds is 6. The Kier molecular flexibility index (Phi) is 6.04. The summed E-state index contributed by atoms with van der Waals surface area (Å²) in [5.74, 6) is -0.226. The maximum Gasteiger partial charge on any atom is 0.340 e. The summed E-state index contributed by atoms with van der Waals surface area (Å²) >= 11 is 3.34. The highest BCUT2D eigenvalue weighted by atomic mass is 79.9. The van der Waals surface area contributed by atoms with Crippen molar-refractivity contribution in [2.75, 3.05) is 7.11 Å². The molecule has 0 radical (unpaired) electrons.